The zero-order valence-corrected chi connectivity index (χ0v) is 12.2. The van der Waals surface area contributed by atoms with E-state index in [0.29, 0.717) is 34.1 Å². The summed E-state index contributed by atoms with van der Waals surface area (Å²) >= 11 is 0. The predicted octanol–water partition coefficient (Wildman–Crippen LogP) is 2.53. The largest absolute Gasteiger partial charge is 0.496 e. The lowest BCUT2D eigenvalue weighted by atomic mass is 9.99. The molecule has 0 aliphatic carbocycles. The first-order valence-electron chi connectivity index (χ1n) is 6.31. The first-order valence-corrected chi connectivity index (χ1v) is 6.31. The number of nitrogens with two attached hydrogens (primary N) is 1. The van der Waals surface area contributed by atoms with Crippen LogP contribution in [0.2, 0.25) is 0 Å². The van der Waals surface area contributed by atoms with Gasteiger partial charge in [0.2, 0.25) is 5.78 Å². The Bertz CT molecular complexity index is 642. The predicted molar refractivity (Wildman–Crippen MR) is 80.4 cm³/mol. The number of rotatable bonds is 5. The number of anilines is 1. The molecule has 2 aromatic rings. The van der Waals surface area contributed by atoms with Crippen molar-refractivity contribution in [2.75, 3.05) is 27.1 Å². The summed E-state index contributed by atoms with van der Waals surface area (Å²) in [7, 11) is 4.50. The monoisotopic (exact) mass is 287 g/mol. The van der Waals surface area contributed by atoms with Gasteiger partial charge >= 0.3 is 0 Å². The number of methoxy groups -OCH3 is 3. The maximum Gasteiger partial charge on any atom is 0.202 e. The Hall–Kier alpha value is -2.69. The van der Waals surface area contributed by atoms with Gasteiger partial charge in [-0.3, -0.25) is 4.79 Å². The third kappa shape index (κ3) is 2.76. The van der Waals surface area contributed by atoms with E-state index in [2.05, 4.69) is 0 Å². The van der Waals surface area contributed by atoms with Crippen LogP contribution in [0.15, 0.2) is 36.4 Å². The third-order valence-electron chi connectivity index (χ3n) is 3.15. The Balaban J connectivity index is 2.62. The van der Waals surface area contributed by atoms with E-state index in [9.17, 15) is 4.79 Å². The number of benzene rings is 2. The summed E-state index contributed by atoms with van der Waals surface area (Å²) in [6.07, 6.45) is 0. The van der Waals surface area contributed by atoms with Crippen LogP contribution < -0.4 is 19.9 Å². The molecule has 0 saturated carbocycles. The molecule has 0 amide bonds. The van der Waals surface area contributed by atoms with E-state index in [4.69, 9.17) is 19.9 Å². The second-order valence-corrected chi connectivity index (χ2v) is 4.32. The summed E-state index contributed by atoms with van der Waals surface area (Å²) in [6, 6.07) is 10.1. The van der Waals surface area contributed by atoms with Crippen molar-refractivity contribution in [1.82, 2.24) is 0 Å². The highest BCUT2D eigenvalue weighted by atomic mass is 16.5. The number of carbonyl (C=O) groups excluding carboxylic acids is 1. The van der Waals surface area contributed by atoms with Crippen LogP contribution in [0.5, 0.6) is 17.2 Å². The molecule has 21 heavy (non-hydrogen) atoms. The molecule has 0 fully saturated rings. The van der Waals surface area contributed by atoms with Gasteiger partial charge in [-0.1, -0.05) is 12.1 Å². The molecule has 0 aliphatic heterocycles. The molecule has 0 aromatic heterocycles. The van der Waals surface area contributed by atoms with Gasteiger partial charge in [-0.2, -0.15) is 0 Å². The Morgan fingerprint density at radius 1 is 0.952 bits per heavy atom. The lowest BCUT2D eigenvalue weighted by molar-refractivity contribution is 0.103. The standard InChI is InChI=1S/C16H17NO4/c1-19-10-8-13(20-2)15(14(9-10)21-3)16(18)11-6-4-5-7-12(11)17/h4-9H,17H2,1-3H3. The number of para-hydroxylation sites is 1. The minimum Gasteiger partial charge on any atom is -0.496 e. The molecule has 5 heteroatoms. The molecular formula is C16H17NO4. The van der Waals surface area contributed by atoms with Crippen LogP contribution in [0.3, 0.4) is 0 Å². The molecular weight excluding hydrogens is 270 g/mol. The fraction of sp³-hybridized carbons (Fsp3) is 0.188. The Morgan fingerprint density at radius 3 is 2.00 bits per heavy atom. The van der Waals surface area contributed by atoms with Crippen molar-refractivity contribution in [3.63, 3.8) is 0 Å². The summed E-state index contributed by atoms with van der Waals surface area (Å²) in [5.74, 6) is 1.03. The van der Waals surface area contributed by atoms with Gasteiger partial charge in [0.05, 0.1) is 21.3 Å². The summed E-state index contributed by atoms with van der Waals surface area (Å²) in [5, 5.41) is 0. The third-order valence-corrected chi connectivity index (χ3v) is 3.15. The Kier molecular flexibility index (Phi) is 4.33. The average molecular weight is 287 g/mol. The fourth-order valence-electron chi connectivity index (χ4n) is 2.07. The van der Waals surface area contributed by atoms with Crippen molar-refractivity contribution in [3.8, 4) is 17.2 Å². The molecule has 0 heterocycles. The van der Waals surface area contributed by atoms with Crippen molar-refractivity contribution < 1.29 is 19.0 Å². The van der Waals surface area contributed by atoms with Gasteiger partial charge in [0, 0.05) is 23.4 Å². The Labute approximate surface area is 123 Å². The van der Waals surface area contributed by atoms with Gasteiger partial charge < -0.3 is 19.9 Å². The van der Waals surface area contributed by atoms with Gasteiger partial charge in [-0.05, 0) is 12.1 Å². The molecule has 0 spiro atoms. The number of carbonyl (C=O) groups is 1. The summed E-state index contributed by atoms with van der Waals surface area (Å²) < 4.78 is 15.7. The van der Waals surface area contributed by atoms with Crippen molar-refractivity contribution in [1.29, 1.82) is 0 Å². The second kappa shape index (κ2) is 6.17. The lowest BCUT2D eigenvalue weighted by Gasteiger charge is -2.15. The number of ketones is 1. The van der Waals surface area contributed by atoms with Gasteiger partial charge in [0.15, 0.2) is 0 Å². The minimum absolute atomic E-state index is 0.260. The van der Waals surface area contributed by atoms with Gasteiger partial charge in [0.1, 0.15) is 22.8 Å². The van der Waals surface area contributed by atoms with Gasteiger partial charge in [-0.15, -0.1) is 0 Å². The van der Waals surface area contributed by atoms with Crippen LogP contribution in [0.1, 0.15) is 15.9 Å². The zero-order chi connectivity index (χ0) is 15.4. The first kappa shape index (κ1) is 14.7. The van der Waals surface area contributed by atoms with Crippen molar-refractivity contribution >= 4 is 11.5 Å². The summed E-state index contributed by atoms with van der Waals surface area (Å²) in [4.78, 5) is 12.7. The smallest absolute Gasteiger partial charge is 0.202 e. The van der Waals surface area contributed by atoms with E-state index in [0.717, 1.165) is 0 Å². The molecule has 0 unspecified atom stereocenters. The van der Waals surface area contributed by atoms with Crippen molar-refractivity contribution in [2.45, 2.75) is 0 Å². The van der Waals surface area contributed by atoms with E-state index in [1.807, 2.05) is 0 Å². The quantitative estimate of drug-likeness (QED) is 0.676. The van der Waals surface area contributed by atoms with E-state index >= 15 is 0 Å². The molecule has 0 radical (unpaired) electrons. The minimum atomic E-state index is -0.260. The lowest BCUT2D eigenvalue weighted by Crippen LogP contribution is -2.09. The molecule has 2 rings (SSSR count). The van der Waals surface area contributed by atoms with E-state index < -0.39 is 0 Å². The first-order chi connectivity index (χ1) is 10.1. The topological polar surface area (TPSA) is 70.8 Å². The normalized spacial score (nSPS) is 10.0. The van der Waals surface area contributed by atoms with Crippen LogP contribution in [0, 0.1) is 0 Å². The second-order valence-electron chi connectivity index (χ2n) is 4.32. The molecule has 110 valence electrons. The number of ether oxygens (including phenoxy) is 3. The number of nitrogen functional groups attached to an aromatic ring is 1. The molecule has 2 N–H and O–H groups in total. The van der Waals surface area contributed by atoms with Crippen LogP contribution in [0.25, 0.3) is 0 Å². The fourth-order valence-corrected chi connectivity index (χ4v) is 2.07. The highest BCUT2D eigenvalue weighted by Gasteiger charge is 2.22. The van der Waals surface area contributed by atoms with Crippen molar-refractivity contribution in [3.05, 3.63) is 47.5 Å². The average Bonchev–Trinajstić information content (AvgIpc) is 2.53. The molecule has 0 aliphatic rings. The van der Waals surface area contributed by atoms with Crippen LogP contribution in [-0.2, 0) is 0 Å². The zero-order valence-electron chi connectivity index (χ0n) is 12.2. The van der Waals surface area contributed by atoms with E-state index in [1.54, 1.807) is 36.4 Å². The van der Waals surface area contributed by atoms with E-state index in [-0.39, 0.29) is 5.78 Å². The molecule has 2 aromatic carbocycles. The molecule has 0 saturated heterocycles. The summed E-state index contributed by atoms with van der Waals surface area (Å²) in [5.41, 5.74) is 7.00. The van der Waals surface area contributed by atoms with Crippen LogP contribution >= 0.6 is 0 Å². The van der Waals surface area contributed by atoms with Crippen molar-refractivity contribution in [2.24, 2.45) is 0 Å². The maximum atomic E-state index is 12.7. The maximum absolute atomic E-state index is 12.7. The SMILES string of the molecule is COc1cc(OC)c(C(=O)c2ccccc2N)c(OC)c1. The van der Waals surface area contributed by atoms with Crippen LogP contribution in [-0.4, -0.2) is 27.1 Å². The summed E-state index contributed by atoms with van der Waals surface area (Å²) in [6.45, 7) is 0. The van der Waals surface area contributed by atoms with Gasteiger partial charge in [-0.25, -0.2) is 0 Å². The number of hydrogen-bond donors (Lipinski definition) is 1. The molecule has 0 bridgehead atoms. The Morgan fingerprint density at radius 2 is 1.52 bits per heavy atom. The molecule has 5 nitrogen and oxygen atoms in total. The van der Waals surface area contributed by atoms with E-state index in [1.165, 1.54) is 21.3 Å². The highest BCUT2D eigenvalue weighted by Crippen LogP contribution is 2.36. The van der Waals surface area contributed by atoms with Gasteiger partial charge in [0.25, 0.3) is 0 Å². The highest BCUT2D eigenvalue weighted by molar-refractivity contribution is 6.15. The van der Waals surface area contributed by atoms with Crippen LogP contribution in [0.4, 0.5) is 5.69 Å². The molecule has 0 atom stereocenters. The number of hydrogen-bond acceptors (Lipinski definition) is 5.